The zero-order chi connectivity index (χ0) is 16.7. The van der Waals surface area contributed by atoms with Crippen molar-refractivity contribution in [1.82, 2.24) is 9.78 Å². The van der Waals surface area contributed by atoms with Crippen molar-refractivity contribution in [3.8, 4) is 16.9 Å². The van der Waals surface area contributed by atoms with Crippen LogP contribution in [-0.2, 0) is 6.42 Å². The smallest absolute Gasteiger partial charge is 0.133 e. The van der Waals surface area contributed by atoms with Gasteiger partial charge in [0.15, 0.2) is 0 Å². The standard InChI is InChI=1S/C20H22N4/c1-14-4-8-17(9-5-14)24-20-18(12-13-21-20)19(22-24)15-6-10-16(11-7-15)23(2)3/h4-11,21H,12-13H2,1-3H3. The summed E-state index contributed by atoms with van der Waals surface area (Å²) in [4.78, 5) is 2.11. The largest absolute Gasteiger partial charge is 0.378 e. The number of fused-ring (bicyclic) bond motifs is 1. The number of nitrogens with one attached hydrogen (secondary N) is 1. The molecule has 2 heterocycles. The number of hydrogen-bond acceptors (Lipinski definition) is 3. The first kappa shape index (κ1) is 14.8. The molecule has 4 heteroatoms. The third kappa shape index (κ3) is 2.44. The van der Waals surface area contributed by atoms with Crippen LogP contribution in [0.1, 0.15) is 11.1 Å². The van der Waals surface area contributed by atoms with Gasteiger partial charge >= 0.3 is 0 Å². The van der Waals surface area contributed by atoms with Crippen LogP contribution in [0.5, 0.6) is 0 Å². The summed E-state index contributed by atoms with van der Waals surface area (Å²) < 4.78 is 2.04. The van der Waals surface area contributed by atoms with E-state index in [0.29, 0.717) is 0 Å². The topological polar surface area (TPSA) is 33.1 Å². The molecule has 0 amide bonds. The minimum absolute atomic E-state index is 0.974. The maximum absolute atomic E-state index is 4.92. The van der Waals surface area contributed by atoms with Gasteiger partial charge in [0.1, 0.15) is 5.82 Å². The Morgan fingerprint density at radius 1 is 1.00 bits per heavy atom. The first-order chi connectivity index (χ1) is 11.6. The lowest BCUT2D eigenvalue weighted by Crippen LogP contribution is -2.08. The van der Waals surface area contributed by atoms with Crippen LogP contribution in [0.3, 0.4) is 0 Å². The summed E-state index contributed by atoms with van der Waals surface area (Å²) in [5.74, 6) is 1.13. The molecule has 1 aliphatic heterocycles. The van der Waals surface area contributed by atoms with Crippen molar-refractivity contribution in [3.63, 3.8) is 0 Å². The zero-order valence-corrected chi connectivity index (χ0v) is 14.4. The van der Waals surface area contributed by atoms with Gasteiger partial charge in [-0.15, -0.1) is 0 Å². The van der Waals surface area contributed by atoms with Crippen LogP contribution in [0.2, 0.25) is 0 Å². The van der Waals surface area contributed by atoms with E-state index >= 15 is 0 Å². The van der Waals surface area contributed by atoms with Gasteiger partial charge in [-0.3, -0.25) is 0 Å². The monoisotopic (exact) mass is 318 g/mol. The van der Waals surface area contributed by atoms with Crippen molar-refractivity contribution in [1.29, 1.82) is 0 Å². The Morgan fingerprint density at radius 3 is 2.38 bits per heavy atom. The van der Waals surface area contributed by atoms with Gasteiger partial charge in [-0.1, -0.05) is 29.8 Å². The van der Waals surface area contributed by atoms with E-state index in [9.17, 15) is 0 Å². The lowest BCUT2D eigenvalue weighted by molar-refractivity contribution is 0.882. The molecule has 0 aliphatic carbocycles. The molecule has 0 fully saturated rings. The molecule has 24 heavy (non-hydrogen) atoms. The van der Waals surface area contributed by atoms with Crippen molar-refractivity contribution in [2.75, 3.05) is 30.9 Å². The number of nitrogens with zero attached hydrogens (tertiary/aromatic N) is 3. The fourth-order valence-electron chi connectivity index (χ4n) is 3.20. The normalized spacial score (nSPS) is 12.8. The summed E-state index contributed by atoms with van der Waals surface area (Å²) in [6, 6.07) is 17.1. The van der Waals surface area contributed by atoms with Gasteiger partial charge in [0, 0.05) is 37.5 Å². The van der Waals surface area contributed by atoms with E-state index < -0.39 is 0 Å². The fraction of sp³-hybridized carbons (Fsp3) is 0.250. The van der Waals surface area contributed by atoms with Gasteiger partial charge in [-0.25, -0.2) is 4.68 Å². The second kappa shape index (κ2) is 5.71. The van der Waals surface area contributed by atoms with Gasteiger partial charge in [0.25, 0.3) is 0 Å². The van der Waals surface area contributed by atoms with E-state index in [1.807, 2.05) is 4.68 Å². The van der Waals surface area contributed by atoms with Crippen molar-refractivity contribution in [3.05, 3.63) is 59.7 Å². The molecule has 122 valence electrons. The molecule has 1 aliphatic rings. The summed E-state index contributed by atoms with van der Waals surface area (Å²) in [5, 5.41) is 8.41. The van der Waals surface area contributed by atoms with Gasteiger partial charge < -0.3 is 10.2 Å². The molecule has 1 N–H and O–H groups in total. The van der Waals surface area contributed by atoms with Gasteiger partial charge in [0.05, 0.1) is 11.4 Å². The molecule has 0 unspecified atom stereocenters. The number of rotatable bonds is 3. The van der Waals surface area contributed by atoms with Crippen molar-refractivity contribution in [2.24, 2.45) is 0 Å². The summed E-state index contributed by atoms with van der Waals surface area (Å²) in [5.41, 5.74) is 7.13. The molecule has 0 atom stereocenters. The van der Waals surface area contributed by atoms with E-state index in [-0.39, 0.29) is 0 Å². The van der Waals surface area contributed by atoms with Crippen LogP contribution in [0.25, 0.3) is 16.9 Å². The molecule has 0 saturated heterocycles. The number of anilines is 2. The Kier molecular flexibility index (Phi) is 3.53. The number of benzene rings is 2. The number of aromatic nitrogens is 2. The summed E-state index contributed by atoms with van der Waals surface area (Å²) in [6.07, 6.45) is 1.02. The average Bonchev–Trinajstić information content (AvgIpc) is 3.18. The molecule has 0 bridgehead atoms. The third-order valence-corrected chi connectivity index (χ3v) is 4.59. The molecular weight excluding hydrogens is 296 g/mol. The second-order valence-electron chi connectivity index (χ2n) is 6.54. The summed E-state index contributed by atoms with van der Waals surface area (Å²) in [6.45, 7) is 3.08. The highest BCUT2D eigenvalue weighted by Gasteiger charge is 2.23. The molecule has 0 spiro atoms. The fourth-order valence-corrected chi connectivity index (χ4v) is 3.20. The number of aryl methyl sites for hydroxylation is 1. The molecule has 3 aromatic rings. The van der Waals surface area contributed by atoms with Crippen molar-refractivity contribution in [2.45, 2.75) is 13.3 Å². The highest BCUT2D eigenvalue weighted by molar-refractivity contribution is 5.73. The van der Waals surface area contributed by atoms with Gasteiger partial charge in [-0.05, 0) is 37.6 Å². The van der Waals surface area contributed by atoms with E-state index in [1.54, 1.807) is 0 Å². The first-order valence-corrected chi connectivity index (χ1v) is 8.34. The Labute approximate surface area is 142 Å². The Hall–Kier alpha value is -2.75. The molecule has 0 saturated carbocycles. The molecule has 4 nitrogen and oxygen atoms in total. The predicted molar refractivity (Wildman–Crippen MR) is 100 cm³/mol. The van der Waals surface area contributed by atoms with Crippen LogP contribution in [0, 0.1) is 6.92 Å². The van der Waals surface area contributed by atoms with E-state index in [1.165, 1.54) is 22.4 Å². The Balaban J connectivity index is 1.80. The van der Waals surface area contributed by atoms with Crippen molar-refractivity contribution < 1.29 is 0 Å². The summed E-state index contributed by atoms with van der Waals surface area (Å²) >= 11 is 0. The minimum Gasteiger partial charge on any atom is -0.378 e. The molecule has 1 aromatic heterocycles. The Morgan fingerprint density at radius 2 is 1.71 bits per heavy atom. The lowest BCUT2D eigenvalue weighted by atomic mass is 10.1. The second-order valence-corrected chi connectivity index (χ2v) is 6.54. The van der Waals surface area contributed by atoms with E-state index in [2.05, 4.69) is 79.8 Å². The Bertz CT molecular complexity index is 858. The molecule has 0 radical (unpaired) electrons. The maximum atomic E-state index is 4.92. The lowest BCUT2D eigenvalue weighted by Gasteiger charge is -2.12. The molecular formula is C20H22N4. The first-order valence-electron chi connectivity index (χ1n) is 8.34. The van der Waals surface area contributed by atoms with E-state index in [0.717, 1.165) is 30.2 Å². The van der Waals surface area contributed by atoms with Gasteiger partial charge in [-0.2, -0.15) is 5.10 Å². The highest BCUT2D eigenvalue weighted by Crippen LogP contribution is 2.35. The van der Waals surface area contributed by atoms with Gasteiger partial charge in [0.2, 0.25) is 0 Å². The predicted octanol–water partition coefficient (Wildman–Crippen LogP) is 3.88. The quantitative estimate of drug-likeness (QED) is 0.795. The minimum atomic E-state index is 0.974. The van der Waals surface area contributed by atoms with Crippen LogP contribution in [-0.4, -0.2) is 30.4 Å². The highest BCUT2D eigenvalue weighted by atomic mass is 15.3. The van der Waals surface area contributed by atoms with E-state index in [4.69, 9.17) is 5.10 Å². The van der Waals surface area contributed by atoms with Crippen LogP contribution in [0.15, 0.2) is 48.5 Å². The summed E-state index contributed by atoms with van der Waals surface area (Å²) in [7, 11) is 4.12. The third-order valence-electron chi connectivity index (χ3n) is 4.59. The van der Waals surface area contributed by atoms with Crippen LogP contribution in [0.4, 0.5) is 11.5 Å². The SMILES string of the molecule is Cc1ccc(-n2nc(-c3ccc(N(C)C)cc3)c3c2NCC3)cc1. The van der Waals surface area contributed by atoms with Crippen LogP contribution >= 0.6 is 0 Å². The zero-order valence-electron chi connectivity index (χ0n) is 14.4. The number of hydrogen-bond donors (Lipinski definition) is 1. The van der Waals surface area contributed by atoms with Crippen molar-refractivity contribution >= 4 is 11.5 Å². The average molecular weight is 318 g/mol. The molecule has 2 aromatic carbocycles. The van der Waals surface area contributed by atoms with Crippen LogP contribution < -0.4 is 10.2 Å². The maximum Gasteiger partial charge on any atom is 0.133 e. The molecule has 4 rings (SSSR count).